The van der Waals surface area contributed by atoms with E-state index in [2.05, 4.69) is 9.71 Å². The highest BCUT2D eigenvalue weighted by Gasteiger charge is 2.20. The SMILES string of the molecule is CN(C)c1cccc2c(S(=O)(=O)Nc3ccccc3-c3cc4ccccc4[nH]3)cccc12. The van der Waals surface area contributed by atoms with Gasteiger partial charge in [0.05, 0.1) is 10.6 Å². The molecule has 0 saturated heterocycles. The highest BCUT2D eigenvalue weighted by molar-refractivity contribution is 7.93. The van der Waals surface area contributed by atoms with Gasteiger partial charge < -0.3 is 9.88 Å². The number of anilines is 2. The van der Waals surface area contributed by atoms with Crippen LogP contribution in [0.1, 0.15) is 0 Å². The van der Waals surface area contributed by atoms with Crippen LogP contribution in [-0.2, 0) is 10.0 Å². The fourth-order valence-corrected chi connectivity index (χ4v) is 5.42. The fraction of sp³-hybridized carbons (Fsp3) is 0.0769. The second-order valence-electron chi connectivity index (χ2n) is 7.94. The maximum Gasteiger partial charge on any atom is 0.262 e. The molecule has 0 fully saturated rings. The zero-order valence-electron chi connectivity index (χ0n) is 17.8. The molecule has 4 aromatic carbocycles. The monoisotopic (exact) mass is 441 g/mol. The van der Waals surface area contributed by atoms with Crippen LogP contribution in [0, 0.1) is 0 Å². The number of rotatable bonds is 5. The van der Waals surface area contributed by atoms with E-state index in [4.69, 9.17) is 0 Å². The minimum Gasteiger partial charge on any atom is -0.377 e. The molecule has 0 unspecified atom stereocenters. The van der Waals surface area contributed by atoms with Crippen LogP contribution >= 0.6 is 0 Å². The van der Waals surface area contributed by atoms with Crippen molar-refractivity contribution in [2.24, 2.45) is 0 Å². The Hall–Kier alpha value is -3.77. The largest absolute Gasteiger partial charge is 0.377 e. The molecule has 32 heavy (non-hydrogen) atoms. The average molecular weight is 442 g/mol. The smallest absolute Gasteiger partial charge is 0.262 e. The normalized spacial score (nSPS) is 11.7. The number of aromatic nitrogens is 1. The summed E-state index contributed by atoms with van der Waals surface area (Å²) in [4.78, 5) is 5.63. The third-order valence-corrected chi connectivity index (χ3v) is 7.05. The second-order valence-corrected chi connectivity index (χ2v) is 9.60. The molecular formula is C26H23N3O2S. The summed E-state index contributed by atoms with van der Waals surface area (Å²) in [7, 11) is 0.0730. The van der Waals surface area contributed by atoms with E-state index in [1.54, 1.807) is 18.2 Å². The zero-order valence-corrected chi connectivity index (χ0v) is 18.6. The third-order valence-electron chi connectivity index (χ3n) is 5.62. The van der Waals surface area contributed by atoms with Crippen LogP contribution in [0.2, 0.25) is 0 Å². The van der Waals surface area contributed by atoms with Gasteiger partial charge in [0.15, 0.2) is 0 Å². The fourth-order valence-electron chi connectivity index (χ4n) is 4.11. The van der Waals surface area contributed by atoms with Crippen molar-refractivity contribution in [3.8, 4) is 11.3 Å². The molecule has 0 aliphatic carbocycles. The Morgan fingerprint density at radius 1 is 0.781 bits per heavy atom. The lowest BCUT2D eigenvalue weighted by Crippen LogP contribution is -2.15. The van der Waals surface area contributed by atoms with E-state index < -0.39 is 10.0 Å². The molecule has 0 spiro atoms. The standard InChI is InChI=1S/C26H23N3O2S/c1-29(2)25-15-7-12-20-19(25)11-8-16-26(20)32(30,31)28-23-14-6-4-10-21(23)24-17-18-9-3-5-13-22(18)27-24/h3-17,27-28H,1-2H3. The number of hydrogen-bond acceptors (Lipinski definition) is 3. The number of nitrogens with one attached hydrogen (secondary N) is 2. The molecule has 5 rings (SSSR count). The van der Waals surface area contributed by atoms with Crippen molar-refractivity contribution in [3.63, 3.8) is 0 Å². The number of hydrogen-bond donors (Lipinski definition) is 2. The molecule has 1 heterocycles. The average Bonchev–Trinajstić information content (AvgIpc) is 3.22. The van der Waals surface area contributed by atoms with Crippen LogP contribution in [0.25, 0.3) is 32.9 Å². The molecule has 0 aliphatic rings. The summed E-state index contributed by atoms with van der Waals surface area (Å²) in [5.74, 6) is 0. The molecule has 5 nitrogen and oxygen atoms in total. The van der Waals surface area contributed by atoms with Gasteiger partial charge in [-0.2, -0.15) is 0 Å². The van der Waals surface area contributed by atoms with Gasteiger partial charge in [-0.1, -0.05) is 60.7 Å². The van der Waals surface area contributed by atoms with Gasteiger partial charge in [0.1, 0.15) is 0 Å². The van der Waals surface area contributed by atoms with E-state index in [0.717, 1.165) is 33.2 Å². The number of aromatic amines is 1. The lowest BCUT2D eigenvalue weighted by Gasteiger charge is -2.18. The summed E-state index contributed by atoms with van der Waals surface area (Å²) in [6.45, 7) is 0. The third kappa shape index (κ3) is 3.48. The van der Waals surface area contributed by atoms with E-state index in [0.29, 0.717) is 11.1 Å². The Bertz CT molecular complexity index is 1520. The molecule has 0 atom stereocenters. The van der Waals surface area contributed by atoms with Gasteiger partial charge in [-0.3, -0.25) is 4.72 Å². The first kappa shape index (κ1) is 20.2. The molecule has 0 aliphatic heterocycles. The Kier molecular flexibility index (Phi) is 4.87. The highest BCUT2D eigenvalue weighted by atomic mass is 32.2. The van der Waals surface area contributed by atoms with E-state index in [1.165, 1.54) is 0 Å². The Labute approximate surface area is 187 Å². The summed E-state index contributed by atoms with van der Waals surface area (Å²) in [5.41, 5.74) is 4.15. The Morgan fingerprint density at radius 2 is 1.50 bits per heavy atom. The summed E-state index contributed by atoms with van der Waals surface area (Å²) >= 11 is 0. The van der Waals surface area contributed by atoms with E-state index in [9.17, 15) is 8.42 Å². The van der Waals surface area contributed by atoms with Crippen LogP contribution in [0.5, 0.6) is 0 Å². The van der Waals surface area contributed by atoms with Crippen molar-refractivity contribution >= 4 is 43.1 Å². The number of benzene rings is 4. The first-order valence-corrected chi connectivity index (χ1v) is 11.8. The Balaban J connectivity index is 1.60. The summed E-state index contributed by atoms with van der Waals surface area (Å²) in [5, 5.41) is 2.66. The van der Waals surface area contributed by atoms with E-state index in [-0.39, 0.29) is 4.90 Å². The lowest BCUT2D eigenvalue weighted by atomic mass is 10.1. The molecule has 0 saturated carbocycles. The predicted octanol–water partition coefficient (Wildman–Crippen LogP) is 5.85. The molecule has 5 aromatic rings. The van der Waals surface area contributed by atoms with Gasteiger partial charge >= 0.3 is 0 Å². The minimum atomic E-state index is -3.83. The van der Waals surface area contributed by atoms with Crippen LogP contribution < -0.4 is 9.62 Å². The maximum atomic E-state index is 13.5. The summed E-state index contributed by atoms with van der Waals surface area (Å²) in [6.07, 6.45) is 0. The van der Waals surface area contributed by atoms with Crippen molar-refractivity contribution in [2.45, 2.75) is 4.90 Å². The van der Waals surface area contributed by atoms with Crippen molar-refractivity contribution in [1.82, 2.24) is 4.98 Å². The number of para-hydroxylation sites is 2. The molecule has 0 amide bonds. The van der Waals surface area contributed by atoms with Crippen LogP contribution in [0.3, 0.4) is 0 Å². The number of nitrogens with zero attached hydrogens (tertiary/aromatic N) is 1. The van der Waals surface area contributed by atoms with Gasteiger partial charge in [-0.15, -0.1) is 0 Å². The summed E-state index contributed by atoms with van der Waals surface area (Å²) < 4.78 is 29.9. The molecule has 0 bridgehead atoms. The number of fused-ring (bicyclic) bond motifs is 2. The van der Waals surface area contributed by atoms with Gasteiger partial charge in [0.2, 0.25) is 0 Å². The van der Waals surface area contributed by atoms with Crippen molar-refractivity contribution in [1.29, 1.82) is 0 Å². The summed E-state index contributed by atoms with van der Waals surface area (Å²) in [6, 6.07) is 28.5. The van der Waals surface area contributed by atoms with E-state index >= 15 is 0 Å². The Morgan fingerprint density at radius 3 is 2.31 bits per heavy atom. The molecule has 2 N–H and O–H groups in total. The lowest BCUT2D eigenvalue weighted by molar-refractivity contribution is 0.602. The van der Waals surface area contributed by atoms with Gasteiger partial charge in [0, 0.05) is 52.7 Å². The molecule has 160 valence electrons. The second kappa shape index (κ2) is 7.73. The minimum absolute atomic E-state index is 0.255. The number of H-pyrrole nitrogens is 1. The zero-order chi connectivity index (χ0) is 22.3. The number of sulfonamides is 1. The maximum absolute atomic E-state index is 13.5. The molecule has 1 aromatic heterocycles. The van der Waals surface area contributed by atoms with Gasteiger partial charge in [-0.25, -0.2) is 8.42 Å². The van der Waals surface area contributed by atoms with Gasteiger partial charge in [-0.05, 0) is 30.3 Å². The quantitative estimate of drug-likeness (QED) is 0.359. The van der Waals surface area contributed by atoms with Crippen LogP contribution in [-0.4, -0.2) is 27.5 Å². The molecule has 0 radical (unpaired) electrons. The molecular weight excluding hydrogens is 418 g/mol. The van der Waals surface area contributed by atoms with Crippen LogP contribution in [0.4, 0.5) is 11.4 Å². The van der Waals surface area contributed by atoms with Crippen molar-refractivity contribution in [3.05, 3.63) is 91.0 Å². The van der Waals surface area contributed by atoms with Crippen molar-refractivity contribution < 1.29 is 8.42 Å². The molecule has 6 heteroatoms. The first-order valence-electron chi connectivity index (χ1n) is 10.3. The van der Waals surface area contributed by atoms with Crippen molar-refractivity contribution in [2.75, 3.05) is 23.7 Å². The van der Waals surface area contributed by atoms with Crippen LogP contribution in [0.15, 0.2) is 95.9 Å². The first-order chi connectivity index (χ1) is 15.4. The predicted molar refractivity (Wildman–Crippen MR) is 133 cm³/mol. The highest BCUT2D eigenvalue weighted by Crippen LogP contribution is 2.34. The topological polar surface area (TPSA) is 65.2 Å². The van der Waals surface area contributed by atoms with E-state index in [1.807, 2.05) is 91.8 Å². The van der Waals surface area contributed by atoms with Gasteiger partial charge in [0.25, 0.3) is 10.0 Å².